The molecule has 2 aromatic heterocycles. The van der Waals surface area contributed by atoms with E-state index in [1.54, 1.807) is 0 Å². The number of hydrogen-bond donors (Lipinski definition) is 1. The molecule has 0 saturated carbocycles. The van der Waals surface area contributed by atoms with E-state index in [4.69, 9.17) is 4.52 Å². The van der Waals surface area contributed by atoms with Crippen LogP contribution in [0.25, 0.3) is 0 Å². The number of piperazine rings is 1. The van der Waals surface area contributed by atoms with E-state index in [1.165, 1.54) is 0 Å². The van der Waals surface area contributed by atoms with E-state index in [0.29, 0.717) is 12.4 Å². The van der Waals surface area contributed by atoms with Crippen molar-refractivity contribution in [1.29, 1.82) is 0 Å². The average molecular weight is 276 g/mol. The Labute approximate surface area is 118 Å². The molecule has 3 heterocycles. The third-order valence-electron chi connectivity index (χ3n) is 3.67. The molecule has 0 aliphatic carbocycles. The molecule has 0 bridgehead atoms. The Morgan fingerprint density at radius 3 is 3.10 bits per heavy atom. The van der Waals surface area contributed by atoms with Crippen molar-refractivity contribution in [1.82, 2.24) is 29.9 Å². The maximum absolute atomic E-state index is 5.18. The van der Waals surface area contributed by atoms with E-state index in [9.17, 15) is 0 Å². The van der Waals surface area contributed by atoms with Gasteiger partial charge in [0.15, 0.2) is 5.82 Å². The smallest absolute Gasteiger partial charge is 0.226 e. The van der Waals surface area contributed by atoms with E-state index in [-0.39, 0.29) is 6.04 Å². The molecule has 1 aliphatic heterocycles. The second kappa shape index (κ2) is 5.72. The molecule has 0 aromatic carbocycles. The molecule has 0 spiro atoms. The van der Waals surface area contributed by atoms with Crippen LogP contribution in [0, 0.1) is 0 Å². The molecule has 0 radical (unpaired) electrons. The predicted octanol–water partition coefficient (Wildman–Crippen LogP) is 0.512. The first-order chi connectivity index (χ1) is 9.78. The molecular formula is C13H20N6O. The van der Waals surface area contributed by atoms with Gasteiger partial charge in [-0.25, -0.2) is 4.98 Å². The third-order valence-corrected chi connectivity index (χ3v) is 3.67. The molecule has 1 N–H and O–H groups in total. The first kappa shape index (κ1) is 13.3. The fraction of sp³-hybridized carbons (Fsp3) is 0.615. The van der Waals surface area contributed by atoms with Crippen molar-refractivity contribution in [3.63, 3.8) is 0 Å². The van der Waals surface area contributed by atoms with Crippen LogP contribution in [-0.4, -0.2) is 44.2 Å². The number of aromatic nitrogens is 4. The van der Waals surface area contributed by atoms with Crippen molar-refractivity contribution in [2.75, 3.05) is 19.6 Å². The van der Waals surface area contributed by atoms with Crippen molar-refractivity contribution < 1.29 is 4.52 Å². The summed E-state index contributed by atoms with van der Waals surface area (Å²) in [5, 5.41) is 7.47. The van der Waals surface area contributed by atoms with E-state index < -0.39 is 0 Å². The summed E-state index contributed by atoms with van der Waals surface area (Å²) in [6, 6.07) is 0.243. The molecule has 1 saturated heterocycles. The molecule has 3 rings (SSSR count). The second-order valence-corrected chi connectivity index (χ2v) is 5.04. The van der Waals surface area contributed by atoms with Crippen LogP contribution in [0.2, 0.25) is 0 Å². The largest absolute Gasteiger partial charge is 0.339 e. The maximum Gasteiger partial charge on any atom is 0.226 e. The summed E-state index contributed by atoms with van der Waals surface area (Å²) in [5.41, 5.74) is 0. The van der Waals surface area contributed by atoms with Crippen molar-refractivity contribution >= 4 is 0 Å². The first-order valence-corrected chi connectivity index (χ1v) is 7.01. The number of nitrogens with zero attached hydrogens (tertiary/aromatic N) is 5. The molecule has 1 atom stereocenters. The topological polar surface area (TPSA) is 72.0 Å². The molecule has 0 amide bonds. The fourth-order valence-electron chi connectivity index (χ4n) is 2.57. The van der Waals surface area contributed by atoms with Crippen LogP contribution in [0.1, 0.15) is 30.5 Å². The maximum atomic E-state index is 5.18. The highest BCUT2D eigenvalue weighted by Gasteiger charge is 2.27. The predicted molar refractivity (Wildman–Crippen MR) is 72.9 cm³/mol. The number of imidazole rings is 1. The average Bonchev–Trinajstić information content (AvgIpc) is 3.08. The van der Waals surface area contributed by atoms with E-state index in [0.717, 1.165) is 37.7 Å². The van der Waals surface area contributed by atoms with Gasteiger partial charge in [-0.1, -0.05) is 12.1 Å². The molecule has 108 valence electrons. The van der Waals surface area contributed by atoms with Crippen LogP contribution < -0.4 is 5.32 Å². The number of rotatable bonds is 4. The van der Waals surface area contributed by atoms with Crippen molar-refractivity contribution in [3.8, 4) is 0 Å². The Balaban J connectivity index is 1.77. The molecule has 20 heavy (non-hydrogen) atoms. The lowest BCUT2D eigenvalue weighted by molar-refractivity contribution is 0.139. The van der Waals surface area contributed by atoms with Crippen molar-refractivity contribution in [2.45, 2.75) is 25.9 Å². The van der Waals surface area contributed by atoms with Gasteiger partial charge in [0, 0.05) is 45.5 Å². The van der Waals surface area contributed by atoms with Gasteiger partial charge in [0.25, 0.3) is 0 Å². The summed E-state index contributed by atoms with van der Waals surface area (Å²) in [6.45, 7) is 5.53. The van der Waals surface area contributed by atoms with E-state index >= 15 is 0 Å². The zero-order chi connectivity index (χ0) is 13.9. The van der Waals surface area contributed by atoms with Gasteiger partial charge in [-0.2, -0.15) is 4.98 Å². The van der Waals surface area contributed by atoms with Gasteiger partial charge in [-0.15, -0.1) is 0 Å². The minimum atomic E-state index is 0.243. The van der Waals surface area contributed by atoms with Crippen molar-refractivity contribution in [3.05, 3.63) is 29.9 Å². The Morgan fingerprint density at radius 2 is 2.40 bits per heavy atom. The highest BCUT2D eigenvalue weighted by Crippen LogP contribution is 2.21. The quantitative estimate of drug-likeness (QED) is 0.877. The fourth-order valence-corrected chi connectivity index (χ4v) is 2.57. The summed E-state index contributed by atoms with van der Waals surface area (Å²) >= 11 is 0. The molecule has 7 nitrogen and oxygen atoms in total. The van der Waals surface area contributed by atoms with Gasteiger partial charge in [0.05, 0.1) is 12.6 Å². The lowest BCUT2D eigenvalue weighted by atomic mass is 10.1. The minimum absolute atomic E-state index is 0.243. The summed E-state index contributed by atoms with van der Waals surface area (Å²) in [4.78, 5) is 11.2. The lowest BCUT2D eigenvalue weighted by Crippen LogP contribution is -2.46. The van der Waals surface area contributed by atoms with Gasteiger partial charge in [0.1, 0.15) is 5.82 Å². The second-order valence-electron chi connectivity index (χ2n) is 5.04. The number of aryl methyl sites for hydroxylation is 2. The standard InChI is InChI=1S/C13H20N6O/c1-3-12-16-11(17-20-12)9-19-7-4-14-8-10(19)13-15-5-6-18(13)2/h5-6,10,14H,3-4,7-9H2,1-2H3. The van der Waals surface area contributed by atoms with Crippen LogP contribution >= 0.6 is 0 Å². The highest BCUT2D eigenvalue weighted by atomic mass is 16.5. The Kier molecular flexibility index (Phi) is 3.79. The summed E-state index contributed by atoms with van der Waals surface area (Å²) in [5.74, 6) is 2.52. The summed E-state index contributed by atoms with van der Waals surface area (Å²) in [6.07, 6.45) is 4.59. The van der Waals surface area contributed by atoms with Crippen LogP contribution in [0.15, 0.2) is 16.9 Å². The Hall–Kier alpha value is -1.73. The molecule has 1 fully saturated rings. The lowest BCUT2D eigenvalue weighted by Gasteiger charge is -2.34. The van der Waals surface area contributed by atoms with Crippen molar-refractivity contribution in [2.24, 2.45) is 7.05 Å². The zero-order valence-corrected chi connectivity index (χ0v) is 11.9. The highest BCUT2D eigenvalue weighted by molar-refractivity contribution is 5.03. The molecule has 2 aromatic rings. The Bertz CT molecular complexity index is 563. The normalized spacial score (nSPS) is 20.4. The van der Waals surface area contributed by atoms with Gasteiger partial charge in [0.2, 0.25) is 5.89 Å². The molecular weight excluding hydrogens is 256 g/mol. The van der Waals surface area contributed by atoms with Gasteiger partial charge in [-0.3, -0.25) is 4.90 Å². The molecule has 7 heteroatoms. The van der Waals surface area contributed by atoms with Crippen LogP contribution in [0.5, 0.6) is 0 Å². The van der Waals surface area contributed by atoms with Crippen LogP contribution in [-0.2, 0) is 20.0 Å². The van der Waals surface area contributed by atoms with E-state index in [1.807, 2.05) is 26.4 Å². The number of nitrogens with one attached hydrogen (secondary N) is 1. The molecule has 1 unspecified atom stereocenters. The summed E-state index contributed by atoms with van der Waals surface area (Å²) in [7, 11) is 2.03. The van der Waals surface area contributed by atoms with Crippen LogP contribution in [0.3, 0.4) is 0 Å². The van der Waals surface area contributed by atoms with Gasteiger partial charge >= 0.3 is 0 Å². The minimum Gasteiger partial charge on any atom is -0.339 e. The molecule has 1 aliphatic rings. The first-order valence-electron chi connectivity index (χ1n) is 7.01. The number of hydrogen-bond acceptors (Lipinski definition) is 6. The SMILES string of the molecule is CCc1nc(CN2CCNCC2c2nccn2C)no1. The van der Waals surface area contributed by atoms with Gasteiger partial charge < -0.3 is 14.4 Å². The van der Waals surface area contributed by atoms with Gasteiger partial charge in [-0.05, 0) is 0 Å². The van der Waals surface area contributed by atoms with E-state index in [2.05, 4.69) is 29.9 Å². The third kappa shape index (κ3) is 2.59. The monoisotopic (exact) mass is 276 g/mol. The van der Waals surface area contributed by atoms with Crippen LogP contribution in [0.4, 0.5) is 0 Å². The Morgan fingerprint density at radius 1 is 1.50 bits per heavy atom. The zero-order valence-electron chi connectivity index (χ0n) is 11.9. The summed E-state index contributed by atoms with van der Waals surface area (Å²) < 4.78 is 7.25.